The Labute approximate surface area is 169 Å². The molecular weight excluding hydrogens is 369 g/mol. The molecule has 150 valence electrons. The SMILES string of the molecule is Cc1nc2c3c(c(C(=O)N(C)C)cc2n1C)CCC1(CCc2cc(F)ccc21)O3. The van der Waals surface area contributed by atoms with Crippen molar-refractivity contribution < 1.29 is 13.9 Å². The smallest absolute Gasteiger partial charge is 0.253 e. The molecule has 5 nitrogen and oxygen atoms in total. The Kier molecular flexibility index (Phi) is 3.79. The van der Waals surface area contributed by atoms with Gasteiger partial charge in [0.1, 0.15) is 22.8 Å². The summed E-state index contributed by atoms with van der Waals surface area (Å²) < 4.78 is 22.5. The van der Waals surface area contributed by atoms with Crippen molar-refractivity contribution in [1.82, 2.24) is 14.5 Å². The molecule has 0 saturated carbocycles. The van der Waals surface area contributed by atoms with Crippen LogP contribution in [0.25, 0.3) is 11.0 Å². The molecule has 1 aliphatic carbocycles. The Morgan fingerprint density at radius 2 is 2.00 bits per heavy atom. The molecule has 6 heteroatoms. The van der Waals surface area contributed by atoms with E-state index in [9.17, 15) is 9.18 Å². The van der Waals surface area contributed by atoms with Crippen molar-refractivity contribution in [1.29, 1.82) is 0 Å². The third-order valence-electron chi connectivity index (χ3n) is 6.53. The lowest BCUT2D eigenvalue weighted by atomic mass is 9.84. The van der Waals surface area contributed by atoms with Crippen LogP contribution >= 0.6 is 0 Å². The quantitative estimate of drug-likeness (QED) is 0.630. The standard InChI is InChI=1S/C23H24FN3O2/c1-13-25-20-19(27(13)4)12-17(22(28)26(2)3)16-8-10-23(29-21(16)20)9-7-14-11-15(24)5-6-18(14)23/h5-6,11-12H,7-10H2,1-4H3. The second-order valence-corrected chi connectivity index (χ2v) is 8.41. The maximum absolute atomic E-state index is 13.7. The normalized spacial score (nSPS) is 19.9. The van der Waals surface area contributed by atoms with Gasteiger partial charge in [0.05, 0.1) is 5.52 Å². The number of carbonyl (C=O) groups is 1. The predicted molar refractivity (Wildman–Crippen MR) is 109 cm³/mol. The van der Waals surface area contributed by atoms with E-state index in [1.165, 1.54) is 6.07 Å². The maximum atomic E-state index is 13.7. The number of fused-ring (bicyclic) bond motifs is 5. The first-order chi connectivity index (χ1) is 13.8. The van der Waals surface area contributed by atoms with E-state index in [2.05, 4.69) is 0 Å². The van der Waals surface area contributed by atoms with E-state index in [1.54, 1.807) is 25.1 Å². The van der Waals surface area contributed by atoms with Crippen molar-refractivity contribution in [2.45, 2.75) is 38.2 Å². The van der Waals surface area contributed by atoms with Gasteiger partial charge in [0.2, 0.25) is 0 Å². The number of amides is 1. The highest BCUT2D eigenvalue weighted by molar-refractivity contribution is 6.01. The van der Waals surface area contributed by atoms with Gasteiger partial charge in [-0.05, 0) is 61.9 Å². The molecule has 1 unspecified atom stereocenters. The lowest BCUT2D eigenvalue weighted by Gasteiger charge is -2.37. The van der Waals surface area contributed by atoms with Gasteiger partial charge in [-0.1, -0.05) is 6.07 Å². The first-order valence-electron chi connectivity index (χ1n) is 9.99. The van der Waals surface area contributed by atoms with Gasteiger partial charge in [-0.15, -0.1) is 0 Å². The third-order valence-corrected chi connectivity index (χ3v) is 6.53. The van der Waals surface area contributed by atoms with Crippen LogP contribution in [0.3, 0.4) is 0 Å². The summed E-state index contributed by atoms with van der Waals surface area (Å²) in [5, 5.41) is 0. The second kappa shape index (κ2) is 6.05. The minimum atomic E-state index is -0.478. The molecule has 3 aromatic rings. The van der Waals surface area contributed by atoms with Gasteiger partial charge in [0.25, 0.3) is 5.91 Å². The Hall–Kier alpha value is -2.89. The molecule has 0 bridgehead atoms. The Morgan fingerprint density at radius 3 is 2.76 bits per heavy atom. The van der Waals surface area contributed by atoms with E-state index in [-0.39, 0.29) is 11.7 Å². The topological polar surface area (TPSA) is 47.4 Å². The fraction of sp³-hybridized carbons (Fsp3) is 0.391. The van der Waals surface area contributed by atoms with Crippen LogP contribution in [0.15, 0.2) is 24.3 Å². The summed E-state index contributed by atoms with van der Waals surface area (Å²) in [6, 6.07) is 6.93. The predicted octanol–water partition coefficient (Wildman–Crippen LogP) is 3.89. The number of hydrogen-bond donors (Lipinski definition) is 0. The van der Waals surface area contributed by atoms with Gasteiger partial charge in [-0.25, -0.2) is 9.37 Å². The van der Waals surface area contributed by atoms with Gasteiger partial charge < -0.3 is 14.2 Å². The number of rotatable bonds is 1. The third kappa shape index (κ3) is 2.51. The Bertz CT molecular complexity index is 1180. The first kappa shape index (κ1) is 18.2. The van der Waals surface area contributed by atoms with Gasteiger partial charge in [0, 0.05) is 32.3 Å². The van der Waals surface area contributed by atoms with Crippen LogP contribution in [-0.2, 0) is 25.5 Å². The number of aryl methyl sites for hydroxylation is 3. The molecule has 5 rings (SSSR count). The number of nitrogens with zero attached hydrogens (tertiary/aromatic N) is 3. The van der Waals surface area contributed by atoms with Crippen LogP contribution in [0.5, 0.6) is 5.75 Å². The van der Waals surface area contributed by atoms with E-state index >= 15 is 0 Å². The molecule has 1 amide bonds. The number of benzene rings is 2. The Morgan fingerprint density at radius 1 is 1.24 bits per heavy atom. The zero-order valence-electron chi connectivity index (χ0n) is 17.2. The number of aromatic nitrogens is 2. The van der Waals surface area contributed by atoms with Gasteiger partial charge in [-0.2, -0.15) is 0 Å². The summed E-state index contributed by atoms with van der Waals surface area (Å²) in [4.78, 5) is 19.3. The number of carbonyl (C=O) groups excluding carboxylic acids is 1. The van der Waals surface area contributed by atoms with Crippen LogP contribution in [0, 0.1) is 12.7 Å². The van der Waals surface area contributed by atoms with Gasteiger partial charge in [0.15, 0.2) is 5.75 Å². The molecule has 0 N–H and O–H groups in total. The van der Waals surface area contributed by atoms with E-state index in [1.807, 2.05) is 30.7 Å². The monoisotopic (exact) mass is 393 g/mol. The summed E-state index contributed by atoms with van der Waals surface area (Å²) in [6.45, 7) is 1.95. The molecule has 2 heterocycles. The van der Waals surface area contributed by atoms with E-state index in [4.69, 9.17) is 9.72 Å². The van der Waals surface area contributed by atoms with Crippen molar-refractivity contribution in [3.8, 4) is 5.75 Å². The minimum absolute atomic E-state index is 0.0320. The molecule has 1 aliphatic heterocycles. The molecule has 1 aromatic heterocycles. The molecule has 0 radical (unpaired) electrons. The number of hydrogen-bond acceptors (Lipinski definition) is 3. The average molecular weight is 393 g/mol. The lowest BCUT2D eigenvalue weighted by Crippen LogP contribution is -2.36. The van der Waals surface area contributed by atoms with Crippen molar-refractivity contribution in [3.63, 3.8) is 0 Å². The fourth-order valence-corrected chi connectivity index (χ4v) is 4.86. The van der Waals surface area contributed by atoms with Crippen LogP contribution in [0.2, 0.25) is 0 Å². The van der Waals surface area contributed by atoms with Crippen LogP contribution in [0.1, 0.15) is 45.7 Å². The van der Waals surface area contributed by atoms with Gasteiger partial charge >= 0.3 is 0 Å². The highest BCUT2D eigenvalue weighted by Gasteiger charge is 2.45. The van der Waals surface area contributed by atoms with Crippen LogP contribution in [0.4, 0.5) is 4.39 Å². The minimum Gasteiger partial charge on any atom is -0.480 e. The maximum Gasteiger partial charge on any atom is 0.253 e. The zero-order chi connectivity index (χ0) is 20.5. The van der Waals surface area contributed by atoms with E-state index < -0.39 is 5.60 Å². The van der Waals surface area contributed by atoms with Crippen LogP contribution < -0.4 is 4.74 Å². The first-order valence-corrected chi connectivity index (χ1v) is 9.99. The van der Waals surface area contributed by atoms with Crippen molar-refractivity contribution in [3.05, 3.63) is 58.2 Å². The average Bonchev–Trinajstić information content (AvgIpc) is 3.18. The molecule has 1 atom stereocenters. The second-order valence-electron chi connectivity index (χ2n) is 8.41. The van der Waals surface area contributed by atoms with Gasteiger partial charge in [-0.3, -0.25) is 4.79 Å². The fourth-order valence-electron chi connectivity index (χ4n) is 4.86. The molecule has 29 heavy (non-hydrogen) atoms. The van der Waals surface area contributed by atoms with E-state index in [0.29, 0.717) is 11.3 Å². The van der Waals surface area contributed by atoms with Crippen molar-refractivity contribution in [2.24, 2.45) is 7.05 Å². The number of ether oxygens (including phenoxy) is 1. The Balaban J connectivity index is 1.73. The van der Waals surface area contributed by atoms with Crippen molar-refractivity contribution >= 4 is 16.9 Å². The summed E-state index contributed by atoms with van der Waals surface area (Å²) in [5.74, 6) is 1.34. The molecule has 0 saturated heterocycles. The van der Waals surface area contributed by atoms with Crippen LogP contribution in [-0.4, -0.2) is 34.5 Å². The largest absolute Gasteiger partial charge is 0.480 e. The zero-order valence-corrected chi connectivity index (χ0v) is 17.2. The molecule has 1 spiro atoms. The molecule has 0 fully saturated rings. The highest BCUT2D eigenvalue weighted by atomic mass is 19.1. The summed E-state index contributed by atoms with van der Waals surface area (Å²) in [5.41, 5.74) is 4.89. The lowest BCUT2D eigenvalue weighted by molar-refractivity contribution is 0.0456. The summed E-state index contributed by atoms with van der Waals surface area (Å²) >= 11 is 0. The summed E-state index contributed by atoms with van der Waals surface area (Å²) in [6.07, 6.45) is 3.10. The summed E-state index contributed by atoms with van der Waals surface area (Å²) in [7, 11) is 5.48. The highest BCUT2D eigenvalue weighted by Crippen LogP contribution is 2.50. The van der Waals surface area contributed by atoms with Crippen molar-refractivity contribution in [2.75, 3.05) is 14.1 Å². The molecular formula is C23H24FN3O2. The molecule has 2 aliphatic rings. The number of halogens is 1. The number of imidazole rings is 1. The van der Waals surface area contributed by atoms with E-state index in [0.717, 1.165) is 59.2 Å². The molecule has 2 aromatic carbocycles.